The van der Waals surface area contributed by atoms with Gasteiger partial charge in [-0.1, -0.05) is 24.3 Å². The molecule has 34 heavy (non-hydrogen) atoms. The predicted octanol–water partition coefficient (Wildman–Crippen LogP) is 4.84. The summed E-state index contributed by atoms with van der Waals surface area (Å²) in [7, 11) is 0. The Hall–Kier alpha value is -3.68. The number of hydrogen-bond donors (Lipinski definition) is 1. The average molecular weight is 461 g/mol. The average Bonchev–Trinajstić information content (AvgIpc) is 3.59. The highest BCUT2D eigenvalue weighted by Gasteiger charge is 2.20. The first-order chi connectivity index (χ1) is 16.7. The van der Waals surface area contributed by atoms with E-state index in [9.17, 15) is 4.39 Å². The molecular weight excluding hydrogens is 431 g/mol. The first-order valence-electron chi connectivity index (χ1n) is 11.9. The lowest BCUT2D eigenvalue weighted by molar-refractivity contribution is 0.305. The Labute approximate surface area is 199 Å². The van der Waals surface area contributed by atoms with Crippen LogP contribution in [0.4, 0.5) is 22.0 Å². The van der Waals surface area contributed by atoms with Crippen LogP contribution in [0, 0.1) is 5.82 Å². The van der Waals surface area contributed by atoms with Crippen molar-refractivity contribution >= 4 is 23.8 Å². The summed E-state index contributed by atoms with van der Waals surface area (Å²) in [5, 5.41) is 4.44. The van der Waals surface area contributed by atoms with Gasteiger partial charge in [0.15, 0.2) is 5.82 Å². The summed E-state index contributed by atoms with van der Waals surface area (Å²) >= 11 is 0. The number of benzene rings is 2. The fourth-order valence-corrected chi connectivity index (χ4v) is 4.27. The highest BCUT2D eigenvalue weighted by atomic mass is 19.1. The number of ether oxygens (including phenoxy) is 1. The fraction of sp³-hybridized carbons (Fsp3) is 0.346. The maximum atomic E-state index is 13.1. The van der Waals surface area contributed by atoms with E-state index in [4.69, 9.17) is 14.7 Å². The number of nitrogens with one attached hydrogen (secondary N) is 1. The van der Waals surface area contributed by atoms with Crippen molar-refractivity contribution in [1.82, 2.24) is 9.97 Å². The molecule has 1 aromatic heterocycles. The van der Waals surface area contributed by atoms with Crippen LogP contribution in [0.5, 0.6) is 5.75 Å². The summed E-state index contributed by atoms with van der Waals surface area (Å²) in [6.07, 6.45) is 6.46. The lowest BCUT2D eigenvalue weighted by Crippen LogP contribution is -2.24. The molecule has 1 N–H and O–H groups in total. The molecule has 0 radical (unpaired) electrons. The Morgan fingerprint density at radius 3 is 2.38 bits per heavy atom. The highest BCUT2D eigenvalue weighted by Crippen LogP contribution is 2.25. The van der Waals surface area contributed by atoms with Crippen molar-refractivity contribution < 1.29 is 9.13 Å². The Kier molecular flexibility index (Phi) is 6.84. The fourth-order valence-electron chi connectivity index (χ4n) is 4.27. The van der Waals surface area contributed by atoms with Crippen molar-refractivity contribution in [1.29, 1.82) is 0 Å². The second-order valence-corrected chi connectivity index (χ2v) is 8.62. The van der Waals surface area contributed by atoms with Gasteiger partial charge in [0.05, 0.1) is 6.21 Å². The smallest absolute Gasteiger partial charge is 0.229 e. The lowest BCUT2D eigenvalue weighted by Gasteiger charge is -2.21. The van der Waals surface area contributed by atoms with Crippen molar-refractivity contribution in [3.05, 3.63) is 71.5 Å². The molecule has 176 valence electrons. The summed E-state index contributed by atoms with van der Waals surface area (Å²) in [4.78, 5) is 14.1. The molecule has 0 aliphatic carbocycles. The topological polar surface area (TPSA) is 65.9 Å². The van der Waals surface area contributed by atoms with Gasteiger partial charge in [-0.05, 0) is 55.5 Å². The molecule has 0 saturated carbocycles. The Morgan fingerprint density at radius 2 is 1.62 bits per heavy atom. The van der Waals surface area contributed by atoms with Crippen LogP contribution in [-0.4, -0.2) is 42.4 Å². The van der Waals surface area contributed by atoms with E-state index in [1.165, 1.54) is 37.8 Å². The SMILES string of the molecule is Fc1ccc(COc2ccccc2/C=N/Nc2cc(N3CCCC3)nc(N3CCCC3)n2)cc1. The second-order valence-electron chi connectivity index (χ2n) is 8.62. The number of aromatic nitrogens is 2. The molecule has 2 aliphatic rings. The molecule has 2 saturated heterocycles. The van der Waals surface area contributed by atoms with E-state index < -0.39 is 0 Å². The van der Waals surface area contributed by atoms with Gasteiger partial charge in [0.25, 0.3) is 0 Å². The maximum absolute atomic E-state index is 13.1. The van der Waals surface area contributed by atoms with E-state index >= 15 is 0 Å². The minimum absolute atomic E-state index is 0.257. The van der Waals surface area contributed by atoms with Crippen LogP contribution in [0.2, 0.25) is 0 Å². The molecule has 5 rings (SSSR count). The maximum Gasteiger partial charge on any atom is 0.229 e. The predicted molar refractivity (Wildman–Crippen MR) is 133 cm³/mol. The highest BCUT2D eigenvalue weighted by molar-refractivity contribution is 5.84. The molecule has 3 heterocycles. The van der Waals surface area contributed by atoms with Crippen LogP contribution < -0.4 is 20.0 Å². The number of para-hydroxylation sites is 1. The van der Waals surface area contributed by atoms with Gasteiger partial charge in [0, 0.05) is 37.8 Å². The molecule has 8 heteroatoms. The van der Waals surface area contributed by atoms with Gasteiger partial charge in [0.1, 0.15) is 24.0 Å². The zero-order valence-corrected chi connectivity index (χ0v) is 19.2. The third-order valence-corrected chi connectivity index (χ3v) is 6.13. The van der Waals surface area contributed by atoms with Gasteiger partial charge in [-0.2, -0.15) is 15.1 Å². The molecule has 2 aromatic carbocycles. The number of nitrogens with zero attached hydrogens (tertiary/aromatic N) is 5. The van der Waals surface area contributed by atoms with Crippen molar-refractivity contribution in [3.8, 4) is 5.75 Å². The first-order valence-corrected chi connectivity index (χ1v) is 11.9. The van der Waals surface area contributed by atoms with Crippen molar-refractivity contribution in [2.75, 3.05) is 41.4 Å². The first kappa shape index (κ1) is 22.1. The number of hydrazone groups is 1. The zero-order valence-electron chi connectivity index (χ0n) is 19.2. The Balaban J connectivity index is 1.30. The van der Waals surface area contributed by atoms with Crippen LogP contribution in [-0.2, 0) is 6.61 Å². The van der Waals surface area contributed by atoms with E-state index in [0.29, 0.717) is 18.2 Å². The molecule has 0 amide bonds. The second kappa shape index (κ2) is 10.5. The number of hydrogen-bond acceptors (Lipinski definition) is 7. The van der Waals surface area contributed by atoms with E-state index in [1.807, 2.05) is 30.3 Å². The molecular formula is C26H29FN6O. The summed E-state index contributed by atoms with van der Waals surface area (Å²) in [6.45, 7) is 4.38. The van der Waals surface area contributed by atoms with Gasteiger partial charge in [-0.25, -0.2) is 4.39 Å². The molecule has 2 aliphatic heterocycles. The van der Waals surface area contributed by atoms with Gasteiger partial charge in [-0.3, -0.25) is 5.43 Å². The molecule has 2 fully saturated rings. The monoisotopic (exact) mass is 460 g/mol. The minimum Gasteiger partial charge on any atom is -0.488 e. The van der Waals surface area contributed by atoms with Crippen LogP contribution >= 0.6 is 0 Å². The molecule has 0 spiro atoms. The summed E-state index contributed by atoms with van der Waals surface area (Å²) in [6, 6.07) is 16.0. The van der Waals surface area contributed by atoms with Crippen molar-refractivity contribution in [2.45, 2.75) is 32.3 Å². The van der Waals surface area contributed by atoms with E-state index in [-0.39, 0.29) is 5.82 Å². The normalized spacial score (nSPS) is 15.9. The molecule has 0 atom stereocenters. The molecule has 7 nitrogen and oxygen atoms in total. The summed E-state index contributed by atoms with van der Waals surface area (Å²) < 4.78 is 19.1. The van der Waals surface area contributed by atoms with E-state index in [2.05, 4.69) is 20.3 Å². The Bertz CT molecular complexity index is 1090. The van der Waals surface area contributed by atoms with E-state index in [0.717, 1.165) is 49.1 Å². The zero-order chi connectivity index (χ0) is 23.2. The van der Waals surface area contributed by atoms with Gasteiger partial charge in [-0.15, -0.1) is 0 Å². The van der Waals surface area contributed by atoms with Crippen LogP contribution in [0.3, 0.4) is 0 Å². The van der Waals surface area contributed by atoms with Crippen molar-refractivity contribution in [2.24, 2.45) is 5.10 Å². The minimum atomic E-state index is -0.257. The third kappa shape index (κ3) is 5.44. The molecule has 0 unspecified atom stereocenters. The summed E-state index contributed by atoms with van der Waals surface area (Å²) in [5.74, 6) is 2.85. The number of rotatable bonds is 8. The van der Waals surface area contributed by atoms with Gasteiger partial charge >= 0.3 is 0 Å². The third-order valence-electron chi connectivity index (χ3n) is 6.13. The van der Waals surface area contributed by atoms with Crippen LogP contribution in [0.1, 0.15) is 36.8 Å². The standard InChI is InChI=1S/C26H29FN6O/c27-22-11-9-20(10-12-22)19-34-23-8-2-1-7-21(23)18-28-31-24-17-25(32-13-3-4-14-32)30-26(29-24)33-15-5-6-16-33/h1-2,7-12,17-18H,3-6,13-16,19H2,(H,29,30,31)/b28-18+. The largest absolute Gasteiger partial charge is 0.488 e. The quantitative estimate of drug-likeness (QED) is 0.383. The Morgan fingerprint density at radius 1 is 0.912 bits per heavy atom. The lowest BCUT2D eigenvalue weighted by atomic mass is 10.2. The number of halogens is 1. The molecule has 3 aromatic rings. The van der Waals surface area contributed by atoms with E-state index in [1.54, 1.807) is 18.3 Å². The van der Waals surface area contributed by atoms with Crippen molar-refractivity contribution in [3.63, 3.8) is 0 Å². The van der Waals surface area contributed by atoms with Gasteiger partial charge < -0.3 is 14.5 Å². The van der Waals surface area contributed by atoms with Crippen LogP contribution in [0.15, 0.2) is 59.7 Å². The van der Waals surface area contributed by atoms with Gasteiger partial charge in [0.2, 0.25) is 5.95 Å². The van der Waals surface area contributed by atoms with Crippen LogP contribution in [0.25, 0.3) is 0 Å². The molecule has 0 bridgehead atoms. The number of anilines is 3. The summed E-state index contributed by atoms with van der Waals surface area (Å²) in [5.41, 5.74) is 4.83.